The molecule has 0 radical (unpaired) electrons. The van der Waals surface area contributed by atoms with Crippen LogP contribution in [-0.2, 0) is 0 Å². The zero-order chi connectivity index (χ0) is 12.0. The molecule has 2 N–H and O–H groups in total. The van der Waals surface area contributed by atoms with Crippen molar-refractivity contribution in [1.29, 1.82) is 0 Å². The van der Waals surface area contributed by atoms with Crippen LogP contribution < -0.4 is 5.32 Å². The Bertz CT molecular complexity index is 179. The maximum absolute atomic E-state index is 9.05. The lowest BCUT2D eigenvalue weighted by molar-refractivity contribution is 0.171. The van der Waals surface area contributed by atoms with E-state index in [1.54, 1.807) is 0 Å². The highest BCUT2D eigenvalue weighted by Gasteiger charge is 2.28. The van der Waals surface area contributed by atoms with Gasteiger partial charge in [0.1, 0.15) is 0 Å². The van der Waals surface area contributed by atoms with E-state index in [-0.39, 0.29) is 6.61 Å². The lowest BCUT2D eigenvalue weighted by Gasteiger charge is -2.31. The van der Waals surface area contributed by atoms with E-state index in [1.165, 1.54) is 19.4 Å². The molecule has 0 amide bonds. The van der Waals surface area contributed by atoms with Gasteiger partial charge in [0.25, 0.3) is 0 Å². The van der Waals surface area contributed by atoms with Gasteiger partial charge in [-0.2, -0.15) is 0 Å². The minimum absolute atomic E-state index is 0.290. The van der Waals surface area contributed by atoms with Crippen LogP contribution in [-0.4, -0.2) is 48.3 Å². The van der Waals surface area contributed by atoms with Gasteiger partial charge in [0.05, 0.1) is 0 Å². The van der Waals surface area contributed by atoms with Crippen molar-refractivity contribution in [2.45, 2.75) is 52.1 Å². The first kappa shape index (κ1) is 13.9. The highest BCUT2D eigenvalue weighted by Crippen LogP contribution is 2.23. The summed E-state index contributed by atoms with van der Waals surface area (Å²) in [5.74, 6) is 0.749. The van der Waals surface area contributed by atoms with Crippen molar-refractivity contribution < 1.29 is 5.11 Å². The SMILES string of the molecule is CCNC(CCO)CN1CCCC1C(C)C. The quantitative estimate of drug-likeness (QED) is 0.692. The first-order valence-corrected chi connectivity index (χ1v) is 6.77. The van der Waals surface area contributed by atoms with Gasteiger partial charge in [-0.25, -0.2) is 0 Å². The van der Waals surface area contributed by atoms with Crippen LogP contribution in [0.25, 0.3) is 0 Å². The molecule has 0 bridgehead atoms. The van der Waals surface area contributed by atoms with Gasteiger partial charge < -0.3 is 10.4 Å². The molecular formula is C13H28N2O. The zero-order valence-corrected chi connectivity index (χ0v) is 11.1. The summed E-state index contributed by atoms with van der Waals surface area (Å²) < 4.78 is 0. The van der Waals surface area contributed by atoms with Gasteiger partial charge in [0.2, 0.25) is 0 Å². The zero-order valence-electron chi connectivity index (χ0n) is 11.1. The van der Waals surface area contributed by atoms with E-state index in [1.807, 2.05) is 0 Å². The summed E-state index contributed by atoms with van der Waals surface area (Å²) in [5, 5.41) is 12.5. The molecule has 0 spiro atoms. The Hall–Kier alpha value is -0.120. The fourth-order valence-corrected chi connectivity index (χ4v) is 2.82. The Kier molecular flexibility index (Phi) is 6.32. The van der Waals surface area contributed by atoms with Gasteiger partial charge in [0, 0.05) is 25.2 Å². The highest BCUT2D eigenvalue weighted by molar-refractivity contribution is 4.84. The van der Waals surface area contributed by atoms with Crippen LogP contribution in [0, 0.1) is 5.92 Å². The summed E-state index contributed by atoms with van der Waals surface area (Å²) in [6, 6.07) is 1.20. The molecule has 0 aromatic rings. The average molecular weight is 228 g/mol. The largest absolute Gasteiger partial charge is 0.396 e. The first-order chi connectivity index (χ1) is 7.69. The molecule has 1 rings (SSSR count). The topological polar surface area (TPSA) is 35.5 Å². The lowest BCUT2D eigenvalue weighted by Crippen LogP contribution is -2.44. The highest BCUT2D eigenvalue weighted by atomic mass is 16.3. The van der Waals surface area contributed by atoms with Gasteiger partial charge in [-0.15, -0.1) is 0 Å². The number of aliphatic hydroxyl groups is 1. The summed E-state index contributed by atoms with van der Waals surface area (Å²) in [6.07, 6.45) is 3.55. The third kappa shape index (κ3) is 4.04. The molecule has 3 nitrogen and oxygen atoms in total. The molecule has 0 aromatic heterocycles. The van der Waals surface area contributed by atoms with Gasteiger partial charge in [0.15, 0.2) is 0 Å². The van der Waals surface area contributed by atoms with Crippen molar-refractivity contribution in [3.8, 4) is 0 Å². The third-order valence-electron chi connectivity index (χ3n) is 3.61. The summed E-state index contributed by atoms with van der Waals surface area (Å²) in [4.78, 5) is 2.60. The third-order valence-corrected chi connectivity index (χ3v) is 3.61. The van der Waals surface area contributed by atoms with E-state index in [9.17, 15) is 0 Å². The Morgan fingerprint density at radius 3 is 2.75 bits per heavy atom. The normalized spacial score (nSPS) is 24.2. The van der Waals surface area contributed by atoms with Crippen LogP contribution in [0.4, 0.5) is 0 Å². The molecule has 1 aliphatic rings. The molecule has 96 valence electrons. The maximum atomic E-state index is 9.05. The maximum Gasteiger partial charge on any atom is 0.0446 e. The van der Waals surface area contributed by atoms with Crippen molar-refractivity contribution in [3.63, 3.8) is 0 Å². The van der Waals surface area contributed by atoms with Crippen molar-refractivity contribution in [2.24, 2.45) is 5.92 Å². The standard InChI is InChI=1S/C13H28N2O/c1-4-14-12(7-9-16)10-15-8-5-6-13(15)11(2)3/h11-14,16H,4-10H2,1-3H3. The molecule has 1 saturated heterocycles. The second kappa shape index (κ2) is 7.25. The predicted molar refractivity (Wildman–Crippen MR) is 68.6 cm³/mol. The van der Waals surface area contributed by atoms with Crippen molar-refractivity contribution in [1.82, 2.24) is 10.2 Å². The molecule has 0 aliphatic carbocycles. The van der Waals surface area contributed by atoms with Crippen LogP contribution in [0.1, 0.15) is 40.0 Å². The molecule has 1 aliphatic heterocycles. The molecule has 0 aromatic carbocycles. The first-order valence-electron chi connectivity index (χ1n) is 6.77. The van der Waals surface area contributed by atoms with E-state index in [0.29, 0.717) is 6.04 Å². The monoisotopic (exact) mass is 228 g/mol. The number of hydrogen-bond donors (Lipinski definition) is 2. The number of hydrogen-bond acceptors (Lipinski definition) is 3. The summed E-state index contributed by atoms with van der Waals surface area (Å²) >= 11 is 0. The minimum Gasteiger partial charge on any atom is -0.396 e. The van der Waals surface area contributed by atoms with Gasteiger partial charge >= 0.3 is 0 Å². The number of nitrogens with one attached hydrogen (secondary N) is 1. The fraction of sp³-hybridized carbons (Fsp3) is 1.00. The van der Waals surface area contributed by atoms with E-state index in [0.717, 1.165) is 31.5 Å². The Morgan fingerprint density at radius 2 is 2.19 bits per heavy atom. The smallest absolute Gasteiger partial charge is 0.0446 e. The van der Waals surface area contributed by atoms with Crippen LogP contribution in [0.15, 0.2) is 0 Å². The second-order valence-corrected chi connectivity index (χ2v) is 5.22. The Labute approximate surface area is 100 Å². The van der Waals surface area contributed by atoms with Crippen LogP contribution in [0.5, 0.6) is 0 Å². The Balaban J connectivity index is 2.42. The minimum atomic E-state index is 0.290. The van der Waals surface area contributed by atoms with Crippen molar-refractivity contribution in [2.75, 3.05) is 26.2 Å². The number of likely N-dealkylation sites (N-methyl/N-ethyl adjacent to an activating group) is 1. The average Bonchev–Trinajstić information content (AvgIpc) is 2.66. The number of nitrogens with zero attached hydrogens (tertiary/aromatic N) is 1. The number of likely N-dealkylation sites (tertiary alicyclic amines) is 1. The molecular weight excluding hydrogens is 200 g/mol. The second-order valence-electron chi connectivity index (χ2n) is 5.22. The van der Waals surface area contributed by atoms with Gasteiger partial charge in [-0.05, 0) is 38.3 Å². The molecule has 2 atom stereocenters. The summed E-state index contributed by atoms with van der Waals surface area (Å²) in [7, 11) is 0. The lowest BCUT2D eigenvalue weighted by atomic mass is 10.0. The molecule has 2 unspecified atom stereocenters. The summed E-state index contributed by atoms with van der Waals surface area (Å²) in [6.45, 7) is 10.4. The van der Waals surface area contributed by atoms with E-state index < -0.39 is 0 Å². The summed E-state index contributed by atoms with van der Waals surface area (Å²) in [5.41, 5.74) is 0. The molecule has 3 heteroatoms. The number of aliphatic hydroxyl groups excluding tert-OH is 1. The predicted octanol–water partition coefficient (Wildman–Crippen LogP) is 1.47. The molecule has 16 heavy (non-hydrogen) atoms. The van der Waals surface area contributed by atoms with E-state index in [2.05, 4.69) is 31.0 Å². The van der Waals surface area contributed by atoms with Crippen LogP contribution in [0.3, 0.4) is 0 Å². The molecule has 0 saturated carbocycles. The van der Waals surface area contributed by atoms with Crippen molar-refractivity contribution >= 4 is 0 Å². The fourth-order valence-electron chi connectivity index (χ4n) is 2.82. The Morgan fingerprint density at radius 1 is 1.44 bits per heavy atom. The van der Waals surface area contributed by atoms with E-state index >= 15 is 0 Å². The molecule has 1 fully saturated rings. The van der Waals surface area contributed by atoms with Crippen LogP contribution in [0.2, 0.25) is 0 Å². The van der Waals surface area contributed by atoms with Crippen molar-refractivity contribution in [3.05, 3.63) is 0 Å². The van der Waals surface area contributed by atoms with E-state index in [4.69, 9.17) is 5.11 Å². The number of rotatable bonds is 7. The van der Waals surface area contributed by atoms with Gasteiger partial charge in [-0.1, -0.05) is 20.8 Å². The molecule has 1 heterocycles. The van der Waals surface area contributed by atoms with Crippen LogP contribution >= 0.6 is 0 Å². The van der Waals surface area contributed by atoms with Gasteiger partial charge in [-0.3, -0.25) is 4.90 Å².